The van der Waals surface area contributed by atoms with E-state index in [0.29, 0.717) is 36.5 Å². The summed E-state index contributed by atoms with van der Waals surface area (Å²) in [5.41, 5.74) is 4.00. The van der Waals surface area contributed by atoms with E-state index in [0.717, 1.165) is 45.8 Å². The first-order valence-corrected chi connectivity index (χ1v) is 15.8. The van der Waals surface area contributed by atoms with Gasteiger partial charge in [0, 0.05) is 69.0 Å². The van der Waals surface area contributed by atoms with Crippen LogP contribution in [0.25, 0.3) is 21.9 Å². The molecule has 2 saturated heterocycles. The van der Waals surface area contributed by atoms with Gasteiger partial charge in [-0.05, 0) is 53.8 Å². The number of hydrogen-bond acceptors (Lipinski definition) is 9. The number of carbonyl (C=O) groups is 4. The maximum Gasteiger partial charge on any atom is 0.262 e. The molecule has 1 unspecified atom stereocenters. The summed E-state index contributed by atoms with van der Waals surface area (Å²) in [5, 5.41) is 3.73. The van der Waals surface area contributed by atoms with Crippen LogP contribution in [0.3, 0.4) is 0 Å². The number of pyridine rings is 1. The number of hydrogen-bond donors (Lipinski definition) is 1. The molecule has 12 heteroatoms. The van der Waals surface area contributed by atoms with Crippen LogP contribution in [0.4, 0.5) is 5.69 Å². The molecule has 12 nitrogen and oxygen atoms in total. The lowest BCUT2D eigenvalue weighted by Gasteiger charge is -2.36. The van der Waals surface area contributed by atoms with E-state index in [1.807, 2.05) is 48.7 Å². The fourth-order valence-corrected chi connectivity index (χ4v) is 6.99. The predicted molar refractivity (Wildman–Crippen MR) is 178 cm³/mol. The number of imide groups is 2. The third kappa shape index (κ3) is 5.27. The monoisotopic (exact) mass is 649 g/mol. The Morgan fingerprint density at radius 2 is 1.46 bits per heavy atom. The average Bonchev–Trinajstić information content (AvgIpc) is 3.35. The number of piperidine rings is 1. The molecule has 1 atom stereocenters. The molecule has 48 heavy (non-hydrogen) atoms. The van der Waals surface area contributed by atoms with Gasteiger partial charge in [-0.25, -0.2) is 0 Å². The van der Waals surface area contributed by atoms with Gasteiger partial charge in [-0.2, -0.15) is 0 Å². The predicted octanol–water partition coefficient (Wildman–Crippen LogP) is 2.95. The molecular weight excluding hydrogens is 614 g/mol. The van der Waals surface area contributed by atoms with E-state index in [9.17, 15) is 24.0 Å². The summed E-state index contributed by atoms with van der Waals surface area (Å²) in [4.78, 5) is 68.7. The van der Waals surface area contributed by atoms with E-state index in [4.69, 9.17) is 9.47 Å². The van der Waals surface area contributed by atoms with Gasteiger partial charge in [0.25, 0.3) is 17.4 Å². The Balaban J connectivity index is 1.08. The lowest BCUT2D eigenvalue weighted by atomic mass is 9.98. The Hall–Kier alpha value is -5.49. The summed E-state index contributed by atoms with van der Waals surface area (Å²) in [7, 11) is 5.02. The normalized spacial score (nSPS) is 18.4. The average molecular weight is 650 g/mol. The topological polar surface area (TPSA) is 130 Å². The molecule has 4 aromatic rings. The standard InChI is InChI=1S/C36H35N5O7/c1-38-19-27(23-6-4-5-7-24(23)34(38)44)21-16-30(47-2)28(31(17-21)48-3)20-39-12-14-40(15-13-39)22-8-9-25-26(18-22)36(46)41(35(25)45)29-10-11-32(42)37-33(29)43/h4-9,16-19,29H,10-15,20H2,1-3H3,(H,37,42,43). The summed E-state index contributed by atoms with van der Waals surface area (Å²) in [6, 6.07) is 15.8. The number of piperazine rings is 1. The van der Waals surface area contributed by atoms with Gasteiger partial charge in [0.15, 0.2) is 0 Å². The number of nitrogens with zero attached hydrogens (tertiary/aromatic N) is 4. The van der Waals surface area contributed by atoms with Gasteiger partial charge in [-0.3, -0.25) is 39.1 Å². The van der Waals surface area contributed by atoms with Crippen molar-refractivity contribution in [1.29, 1.82) is 0 Å². The summed E-state index contributed by atoms with van der Waals surface area (Å²) < 4.78 is 13.4. The quantitative estimate of drug-likeness (QED) is 0.301. The molecule has 0 aliphatic carbocycles. The van der Waals surface area contributed by atoms with Crippen LogP contribution >= 0.6 is 0 Å². The van der Waals surface area contributed by atoms with Gasteiger partial charge in [-0.1, -0.05) is 18.2 Å². The number of carbonyl (C=O) groups excluding carboxylic acids is 4. The molecule has 7 rings (SSSR count). The van der Waals surface area contributed by atoms with Gasteiger partial charge in [0.2, 0.25) is 11.8 Å². The van der Waals surface area contributed by atoms with Crippen molar-refractivity contribution in [2.75, 3.05) is 45.3 Å². The number of rotatable bonds is 7. The number of amides is 4. The number of nitrogens with one attached hydrogen (secondary N) is 1. The van der Waals surface area contributed by atoms with Crippen LogP contribution in [0, 0.1) is 0 Å². The molecule has 2 fully saturated rings. The second-order valence-corrected chi connectivity index (χ2v) is 12.3. The molecule has 246 valence electrons. The third-order valence-electron chi connectivity index (χ3n) is 9.55. The minimum Gasteiger partial charge on any atom is -0.496 e. The van der Waals surface area contributed by atoms with E-state index in [-0.39, 0.29) is 29.5 Å². The zero-order valence-electron chi connectivity index (χ0n) is 26.9. The van der Waals surface area contributed by atoms with Crippen molar-refractivity contribution >= 4 is 40.1 Å². The molecule has 3 aliphatic rings. The highest BCUT2D eigenvalue weighted by atomic mass is 16.5. The second kappa shape index (κ2) is 12.3. The SMILES string of the molecule is COc1cc(-c2cn(C)c(=O)c3ccccc23)cc(OC)c1CN1CCN(c2ccc3c(c2)C(=O)N(C2CCC(=O)NC2=O)C3=O)CC1. The largest absolute Gasteiger partial charge is 0.496 e. The van der Waals surface area contributed by atoms with Crippen molar-refractivity contribution < 1.29 is 28.7 Å². The number of anilines is 1. The minimum atomic E-state index is -0.995. The van der Waals surface area contributed by atoms with E-state index >= 15 is 0 Å². The van der Waals surface area contributed by atoms with Crippen LogP contribution in [0.5, 0.6) is 11.5 Å². The number of aryl methyl sites for hydroxylation is 1. The number of aromatic nitrogens is 1. The van der Waals surface area contributed by atoms with Crippen molar-refractivity contribution in [2.24, 2.45) is 7.05 Å². The molecular formula is C36H35N5O7. The second-order valence-electron chi connectivity index (χ2n) is 12.3. The number of methoxy groups -OCH3 is 2. The fourth-order valence-electron chi connectivity index (χ4n) is 6.99. The van der Waals surface area contributed by atoms with Gasteiger partial charge in [0.05, 0.1) is 30.9 Å². The van der Waals surface area contributed by atoms with Crippen molar-refractivity contribution in [3.8, 4) is 22.6 Å². The molecule has 4 heterocycles. The zero-order valence-corrected chi connectivity index (χ0v) is 26.9. The van der Waals surface area contributed by atoms with Gasteiger partial charge >= 0.3 is 0 Å². The van der Waals surface area contributed by atoms with Crippen molar-refractivity contribution in [2.45, 2.75) is 25.4 Å². The van der Waals surface area contributed by atoms with Crippen LogP contribution < -0.4 is 25.2 Å². The van der Waals surface area contributed by atoms with Crippen molar-refractivity contribution in [3.05, 3.63) is 87.8 Å². The maximum absolute atomic E-state index is 13.3. The minimum absolute atomic E-state index is 0.0572. The summed E-state index contributed by atoms with van der Waals surface area (Å²) in [6.07, 6.45) is 2.04. The van der Waals surface area contributed by atoms with E-state index in [1.165, 1.54) is 0 Å². The first kappa shape index (κ1) is 31.1. The molecule has 4 amide bonds. The van der Waals surface area contributed by atoms with Crippen molar-refractivity contribution in [3.63, 3.8) is 0 Å². The Kier molecular flexibility index (Phi) is 7.96. The Morgan fingerprint density at radius 1 is 0.792 bits per heavy atom. The highest BCUT2D eigenvalue weighted by molar-refractivity contribution is 6.23. The number of fused-ring (bicyclic) bond motifs is 2. The van der Waals surface area contributed by atoms with Crippen LogP contribution in [-0.4, -0.2) is 84.4 Å². The van der Waals surface area contributed by atoms with Gasteiger partial charge < -0.3 is 18.9 Å². The van der Waals surface area contributed by atoms with E-state index in [2.05, 4.69) is 15.1 Å². The first-order valence-electron chi connectivity index (χ1n) is 15.8. The summed E-state index contributed by atoms with van der Waals surface area (Å²) in [5.74, 6) is -0.685. The Labute approximate surface area is 276 Å². The molecule has 0 saturated carbocycles. The molecule has 3 aliphatic heterocycles. The fraction of sp³-hybridized carbons (Fsp3) is 0.306. The van der Waals surface area contributed by atoms with E-state index < -0.39 is 29.7 Å². The van der Waals surface area contributed by atoms with Crippen molar-refractivity contribution in [1.82, 2.24) is 19.7 Å². The van der Waals surface area contributed by atoms with Gasteiger partial charge in [0.1, 0.15) is 17.5 Å². The van der Waals surface area contributed by atoms with Crippen LogP contribution in [0.15, 0.2) is 65.6 Å². The first-order chi connectivity index (χ1) is 23.2. The molecule has 1 aromatic heterocycles. The summed E-state index contributed by atoms with van der Waals surface area (Å²) in [6.45, 7) is 3.42. The highest BCUT2D eigenvalue weighted by Crippen LogP contribution is 2.38. The number of ether oxygens (including phenoxy) is 2. The highest BCUT2D eigenvalue weighted by Gasteiger charge is 2.44. The van der Waals surface area contributed by atoms with Gasteiger partial charge in [-0.15, -0.1) is 0 Å². The third-order valence-corrected chi connectivity index (χ3v) is 9.55. The summed E-state index contributed by atoms with van der Waals surface area (Å²) >= 11 is 0. The lowest BCUT2D eigenvalue weighted by molar-refractivity contribution is -0.136. The molecule has 0 radical (unpaired) electrons. The molecule has 1 N–H and O–H groups in total. The number of benzene rings is 3. The van der Waals surface area contributed by atoms with Crippen LogP contribution in [-0.2, 0) is 23.2 Å². The maximum atomic E-state index is 13.3. The lowest BCUT2D eigenvalue weighted by Crippen LogP contribution is -2.54. The Morgan fingerprint density at radius 3 is 2.12 bits per heavy atom. The van der Waals surface area contributed by atoms with Crippen LogP contribution in [0.2, 0.25) is 0 Å². The Bertz CT molecular complexity index is 2040. The molecule has 3 aromatic carbocycles. The van der Waals surface area contributed by atoms with E-state index in [1.54, 1.807) is 38.0 Å². The zero-order chi connectivity index (χ0) is 33.7. The smallest absolute Gasteiger partial charge is 0.262 e. The molecule has 0 spiro atoms. The van der Waals surface area contributed by atoms with Crippen LogP contribution in [0.1, 0.15) is 39.1 Å². The molecule has 0 bridgehead atoms.